The van der Waals surface area contributed by atoms with E-state index in [0.717, 1.165) is 23.2 Å². The molecule has 2 aromatic rings. The molecule has 0 atom stereocenters. The third kappa shape index (κ3) is 1.42. The maximum Gasteiger partial charge on any atom is 0.144 e. The minimum atomic E-state index is -2.35. The lowest BCUT2D eigenvalue weighted by Gasteiger charge is -2.13. The highest BCUT2D eigenvalue weighted by Crippen LogP contribution is 2.52. The van der Waals surface area contributed by atoms with E-state index in [1.54, 1.807) is 0 Å². The zero-order chi connectivity index (χ0) is 11.9. The molecule has 1 aliphatic rings. The number of hydrogen-bond acceptors (Lipinski definition) is 1. The van der Waals surface area contributed by atoms with Gasteiger partial charge in [-0.15, -0.1) is 0 Å². The quantitative estimate of drug-likeness (QED) is 0.738. The van der Waals surface area contributed by atoms with E-state index < -0.39 is 7.14 Å². The first-order chi connectivity index (χ1) is 8.27. The van der Waals surface area contributed by atoms with Gasteiger partial charge in [-0.05, 0) is 17.5 Å². The van der Waals surface area contributed by atoms with Crippen LogP contribution in [0.2, 0.25) is 0 Å². The van der Waals surface area contributed by atoms with Crippen molar-refractivity contribution in [2.24, 2.45) is 0 Å². The fourth-order valence-electron chi connectivity index (χ4n) is 2.72. The predicted octanol–water partition coefficient (Wildman–Crippen LogP) is 3.39. The van der Waals surface area contributed by atoms with Crippen LogP contribution < -0.4 is 10.6 Å². The van der Waals surface area contributed by atoms with Crippen LogP contribution in [0.4, 0.5) is 0 Å². The first kappa shape index (κ1) is 10.8. The second-order valence-corrected chi connectivity index (χ2v) is 7.39. The first-order valence-corrected chi connectivity index (χ1v) is 7.95. The van der Waals surface area contributed by atoms with Gasteiger partial charge in [0.2, 0.25) is 0 Å². The van der Waals surface area contributed by atoms with Crippen LogP contribution in [0.25, 0.3) is 11.1 Å². The molecule has 1 heterocycles. The van der Waals surface area contributed by atoms with Crippen molar-refractivity contribution in [3.63, 3.8) is 0 Å². The molecule has 2 heteroatoms. The first-order valence-electron chi connectivity index (χ1n) is 6.06. The van der Waals surface area contributed by atoms with Gasteiger partial charge in [0.15, 0.2) is 0 Å². The minimum Gasteiger partial charge on any atom is -0.314 e. The number of hydrogen-bond donors (Lipinski definition) is 0. The Bertz CT molecular complexity index is 566. The van der Waals surface area contributed by atoms with Crippen LogP contribution in [0.15, 0.2) is 48.5 Å². The Hall–Kier alpha value is -1.33. The Kier molecular flexibility index (Phi) is 2.45. The summed E-state index contributed by atoms with van der Waals surface area (Å²) in [6.07, 6.45) is 1.74. The van der Waals surface area contributed by atoms with E-state index >= 15 is 0 Å². The van der Waals surface area contributed by atoms with E-state index in [2.05, 4.69) is 19.1 Å². The molecule has 0 bridgehead atoms. The lowest BCUT2D eigenvalue weighted by Crippen LogP contribution is -2.12. The second-order valence-electron chi connectivity index (χ2n) is 4.50. The van der Waals surface area contributed by atoms with Crippen LogP contribution in [0.5, 0.6) is 0 Å². The van der Waals surface area contributed by atoms with Crippen molar-refractivity contribution >= 4 is 17.8 Å². The average molecular weight is 242 g/mol. The molecule has 0 saturated carbocycles. The maximum atomic E-state index is 13.3. The van der Waals surface area contributed by atoms with Crippen LogP contribution in [-0.2, 0) is 4.57 Å². The highest BCUT2D eigenvalue weighted by molar-refractivity contribution is 7.80. The summed E-state index contributed by atoms with van der Waals surface area (Å²) < 4.78 is 13.3. The number of fused-ring (bicyclic) bond motifs is 3. The van der Waals surface area contributed by atoms with Gasteiger partial charge in [-0.2, -0.15) is 0 Å². The summed E-state index contributed by atoms with van der Waals surface area (Å²) in [6.45, 7) is 2.10. The molecule has 0 amide bonds. The molecule has 3 rings (SSSR count). The number of rotatable bonds is 2. The standard InChI is InChI=1S/C15H15OP/c1-2-11-17(16)14-9-5-3-7-12(14)13-8-4-6-10-15(13)17/h3-10H,2,11H2,1H3. The molecule has 1 aliphatic heterocycles. The molecule has 0 fully saturated rings. The van der Waals surface area contributed by atoms with Crippen LogP contribution in [0.3, 0.4) is 0 Å². The van der Waals surface area contributed by atoms with Crippen LogP contribution in [0.1, 0.15) is 13.3 Å². The van der Waals surface area contributed by atoms with Crippen molar-refractivity contribution in [3.05, 3.63) is 48.5 Å². The molecule has 86 valence electrons. The maximum absolute atomic E-state index is 13.3. The van der Waals surface area contributed by atoms with Gasteiger partial charge in [0.05, 0.1) is 0 Å². The Labute approximate surface area is 102 Å². The summed E-state index contributed by atoms with van der Waals surface area (Å²) >= 11 is 0. The van der Waals surface area contributed by atoms with Crippen molar-refractivity contribution < 1.29 is 4.57 Å². The van der Waals surface area contributed by atoms with Gasteiger partial charge >= 0.3 is 0 Å². The summed E-state index contributed by atoms with van der Waals surface area (Å²) in [4.78, 5) is 0. The third-order valence-electron chi connectivity index (χ3n) is 3.42. The summed E-state index contributed by atoms with van der Waals surface area (Å²) in [5.41, 5.74) is 2.33. The largest absolute Gasteiger partial charge is 0.314 e. The molecule has 17 heavy (non-hydrogen) atoms. The average Bonchev–Trinajstić information content (AvgIpc) is 2.62. The van der Waals surface area contributed by atoms with Gasteiger partial charge in [0.25, 0.3) is 0 Å². The summed E-state index contributed by atoms with van der Waals surface area (Å²) in [7, 11) is -2.35. The van der Waals surface area contributed by atoms with Crippen molar-refractivity contribution in [1.29, 1.82) is 0 Å². The monoisotopic (exact) mass is 242 g/mol. The lowest BCUT2D eigenvalue weighted by molar-refractivity contribution is 0.586. The summed E-state index contributed by atoms with van der Waals surface area (Å²) in [5.74, 6) is 0. The van der Waals surface area contributed by atoms with E-state index in [9.17, 15) is 4.57 Å². The van der Waals surface area contributed by atoms with Crippen LogP contribution in [0, 0.1) is 0 Å². The SMILES string of the molecule is CCCP1(=O)c2ccccc2-c2ccccc21. The third-order valence-corrected chi connectivity index (χ3v) is 6.83. The molecule has 0 aliphatic carbocycles. The van der Waals surface area contributed by atoms with Gasteiger partial charge in [0, 0.05) is 16.8 Å². The Morgan fingerprint density at radius 3 is 1.82 bits per heavy atom. The molecule has 0 spiro atoms. The Morgan fingerprint density at radius 2 is 1.35 bits per heavy atom. The van der Waals surface area contributed by atoms with Crippen LogP contribution in [-0.4, -0.2) is 6.16 Å². The van der Waals surface area contributed by atoms with E-state index in [-0.39, 0.29) is 0 Å². The summed E-state index contributed by atoms with van der Waals surface area (Å²) in [6, 6.07) is 16.3. The fraction of sp³-hybridized carbons (Fsp3) is 0.200. The van der Waals surface area contributed by atoms with E-state index in [1.165, 1.54) is 11.1 Å². The van der Waals surface area contributed by atoms with Crippen molar-refractivity contribution in [2.45, 2.75) is 13.3 Å². The zero-order valence-corrected chi connectivity index (χ0v) is 10.8. The van der Waals surface area contributed by atoms with E-state index in [1.807, 2.05) is 36.4 Å². The van der Waals surface area contributed by atoms with Gasteiger partial charge in [-0.25, -0.2) is 0 Å². The smallest absolute Gasteiger partial charge is 0.144 e. The molecule has 0 saturated heterocycles. The highest BCUT2D eigenvalue weighted by atomic mass is 31.2. The van der Waals surface area contributed by atoms with E-state index in [0.29, 0.717) is 0 Å². The topological polar surface area (TPSA) is 17.1 Å². The molecular formula is C15H15OP. The second kappa shape index (κ2) is 3.85. The Morgan fingerprint density at radius 1 is 0.882 bits per heavy atom. The van der Waals surface area contributed by atoms with E-state index in [4.69, 9.17) is 0 Å². The molecule has 2 aromatic carbocycles. The predicted molar refractivity (Wildman–Crippen MR) is 73.9 cm³/mol. The minimum absolute atomic E-state index is 0.779. The highest BCUT2D eigenvalue weighted by Gasteiger charge is 2.36. The van der Waals surface area contributed by atoms with Crippen molar-refractivity contribution in [2.75, 3.05) is 6.16 Å². The van der Waals surface area contributed by atoms with Gasteiger partial charge in [0.1, 0.15) is 7.14 Å². The van der Waals surface area contributed by atoms with Crippen molar-refractivity contribution in [1.82, 2.24) is 0 Å². The summed E-state index contributed by atoms with van der Waals surface area (Å²) in [5, 5.41) is 2.12. The Balaban J connectivity index is 2.35. The number of benzene rings is 2. The molecule has 0 N–H and O–H groups in total. The normalized spacial score (nSPS) is 15.4. The molecule has 1 nitrogen and oxygen atoms in total. The van der Waals surface area contributed by atoms with Gasteiger partial charge in [-0.1, -0.05) is 55.5 Å². The molecule has 0 unspecified atom stereocenters. The zero-order valence-electron chi connectivity index (χ0n) is 9.89. The van der Waals surface area contributed by atoms with Gasteiger partial charge < -0.3 is 4.57 Å². The van der Waals surface area contributed by atoms with Crippen molar-refractivity contribution in [3.8, 4) is 11.1 Å². The molecule has 0 radical (unpaired) electrons. The van der Waals surface area contributed by atoms with Gasteiger partial charge in [-0.3, -0.25) is 0 Å². The molecular weight excluding hydrogens is 227 g/mol. The van der Waals surface area contributed by atoms with Crippen LogP contribution >= 0.6 is 7.14 Å². The molecule has 0 aromatic heterocycles. The fourth-order valence-corrected chi connectivity index (χ4v) is 5.91. The lowest BCUT2D eigenvalue weighted by atomic mass is 10.1.